The fourth-order valence-corrected chi connectivity index (χ4v) is 3.43. The number of amides is 1. The van der Waals surface area contributed by atoms with Gasteiger partial charge in [0.15, 0.2) is 0 Å². The normalized spacial score (nSPS) is 19.9. The zero-order valence-corrected chi connectivity index (χ0v) is 15.4. The third-order valence-electron chi connectivity index (χ3n) is 4.85. The van der Waals surface area contributed by atoms with Crippen molar-refractivity contribution in [2.75, 3.05) is 26.2 Å². The molecule has 3 heterocycles. The van der Waals surface area contributed by atoms with Gasteiger partial charge in [0.1, 0.15) is 5.69 Å². The van der Waals surface area contributed by atoms with Gasteiger partial charge < -0.3 is 10.0 Å². The highest BCUT2D eigenvalue weighted by Gasteiger charge is 2.39. The number of β-amino-alcohol motifs (C(OH)–C–C–N with tert-alkyl or cyclic N) is 1. The zero-order chi connectivity index (χ0) is 18.6. The van der Waals surface area contributed by atoms with Crippen LogP contribution in [0.1, 0.15) is 35.1 Å². The van der Waals surface area contributed by atoms with Crippen LogP contribution in [0.2, 0.25) is 0 Å². The number of carbonyl (C=O) groups excluding carboxylic acids is 1. The first-order valence-corrected chi connectivity index (χ1v) is 9.06. The second kappa shape index (κ2) is 7.93. The Morgan fingerprint density at radius 1 is 1.31 bits per heavy atom. The summed E-state index contributed by atoms with van der Waals surface area (Å²) in [6, 6.07) is 9.41. The van der Waals surface area contributed by atoms with Gasteiger partial charge in [-0.3, -0.25) is 14.7 Å². The maximum Gasteiger partial charge on any atom is 0.272 e. The van der Waals surface area contributed by atoms with Crippen molar-refractivity contribution in [1.82, 2.24) is 19.8 Å². The van der Waals surface area contributed by atoms with E-state index in [9.17, 15) is 9.90 Å². The second-order valence-electron chi connectivity index (χ2n) is 7.02. The standard InChI is InChI=1S/C20H26N4O2/c1-3-23(13-17-7-10-21-11-8-17)14-20(26)9-12-24(15-20)19(25)18-6-4-5-16(2)22-18/h4-8,10-11,26H,3,9,12-15H2,1-2H3/t20-/m0/s1. The van der Waals surface area contributed by atoms with Crippen molar-refractivity contribution >= 4 is 5.91 Å². The molecule has 0 aromatic carbocycles. The molecule has 0 radical (unpaired) electrons. The number of rotatable bonds is 6. The number of likely N-dealkylation sites (N-methyl/N-ethyl adjacent to an activating group) is 1. The minimum absolute atomic E-state index is 0.109. The van der Waals surface area contributed by atoms with Crippen molar-refractivity contribution in [2.45, 2.75) is 32.4 Å². The van der Waals surface area contributed by atoms with E-state index in [4.69, 9.17) is 0 Å². The van der Waals surface area contributed by atoms with Crippen molar-refractivity contribution in [2.24, 2.45) is 0 Å². The highest BCUT2D eigenvalue weighted by atomic mass is 16.3. The Kier molecular flexibility index (Phi) is 5.64. The molecule has 138 valence electrons. The van der Waals surface area contributed by atoms with Crippen molar-refractivity contribution in [3.8, 4) is 0 Å². The lowest BCUT2D eigenvalue weighted by atomic mass is 10.0. The summed E-state index contributed by atoms with van der Waals surface area (Å²) in [6.45, 7) is 6.98. The smallest absolute Gasteiger partial charge is 0.272 e. The molecule has 1 N–H and O–H groups in total. The zero-order valence-electron chi connectivity index (χ0n) is 15.4. The molecule has 26 heavy (non-hydrogen) atoms. The fourth-order valence-electron chi connectivity index (χ4n) is 3.43. The summed E-state index contributed by atoms with van der Waals surface area (Å²) < 4.78 is 0. The van der Waals surface area contributed by atoms with Gasteiger partial charge in [-0.2, -0.15) is 0 Å². The Balaban J connectivity index is 1.63. The first-order chi connectivity index (χ1) is 12.5. The van der Waals surface area contributed by atoms with Crippen molar-refractivity contribution in [3.63, 3.8) is 0 Å². The first-order valence-electron chi connectivity index (χ1n) is 9.06. The number of carbonyl (C=O) groups is 1. The SMILES string of the molecule is CCN(Cc1ccncc1)C[C@@]1(O)CCN(C(=O)c2cccc(C)n2)C1. The minimum atomic E-state index is -0.886. The maximum atomic E-state index is 12.7. The highest BCUT2D eigenvalue weighted by Crippen LogP contribution is 2.24. The predicted octanol–water partition coefficient (Wildman–Crippen LogP) is 1.88. The van der Waals surface area contributed by atoms with E-state index in [1.165, 1.54) is 5.56 Å². The van der Waals surface area contributed by atoms with Gasteiger partial charge in [-0.15, -0.1) is 0 Å². The maximum absolute atomic E-state index is 12.7. The van der Waals surface area contributed by atoms with Crippen LogP contribution in [-0.2, 0) is 6.54 Å². The number of aryl methyl sites for hydroxylation is 1. The molecule has 2 aromatic heterocycles. The molecule has 0 saturated carbocycles. The molecule has 3 rings (SSSR count). The fraction of sp³-hybridized carbons (Fsp3) is 0.450. The van der Waals surface area contributed by atoms with E-state index in [1.807, 2.05) is 31.2 Å². The van der Waals surface area contributed by atoms with Crippen LogP contribution < -0.4 is 0 Å². The molecule has 6 nitrogen and oxygen atoms in total. The van der Waals surface area contributed by atoms with Crippen molar-refractivity contribution in [3.05, 3.63) is 59.7 Å². The van der Waals surface area contributed by atoms with E-state index in [0.717, 1.165) is 18.8 Å². The van der Waals surface area contributed by atoms with Gasteiger partial charge in [-0.1, -0.05) is 13.0 Å². The summed E-state index contributed by atoms with van der Waals surface area (Å²) in [6.07, 6.45) is 4.14. The summed E-state index contributed by atoms with van der Waals surface area (Å²) >= 11 is 0. The summed E-state index contributed by atoms with van der Waals surface area (Å²) in [7, 11) is 0. The lowest BCUT2D eigenvalue weighted by molar-refractivity contribution is 0.0107. The van der Waals surface area contributed by atoms with Crippen LogP contribution in [0.15, 0.2) is 42.7 Å². The topological polar surface area (TPSA) is 69.6 Å². The summed E-state index contributed by atoms with van der Waals surface area (Å²) in [4.78, 5) is 24.9. The average Bonchev–Trinajstić information content (AvgIpc) is 3.03. The lowest BCUT2D eigenvalue weighted by Crippen LogP contribution is -2.45. The van der Waals surface area contributed by atoms with E-state index in [2.05, 4.69) is 21.8 Å². The largest absolute Gasteiger partial charge is 0.387 e. The van der Waals surface area contributed by atoms with Crippen LogP contribution in [0.4, 0.5) is 0 Å². The molecule has 1 saturated heterocycles. The van der Waals surface area contributed by atoms with Crippen LogP contribution in [0.5, 0.6) is 0 Å². The average molecular weight is 354 g/mol. The molecular weight excluding hydrogens is 328 g/mol. The molecule has 1 amide bonds. The first kappa shape index (κ1) is 18.5. The van der Waals surface area contributed by atoms with Gasteiger partial charge in [0.25, 0.3) is 5.91 Å². The Morgan fingerprint density at radius 3 is 2.77 bits per heavy atom. The second-order valence-corrected chi connectivity index (χ2v) is 7.02. The van der Waals surface area contributed by atoms with Crippen LogP contribution in [-0.4, -0.2) is 62.6 Å². The van der Waals surface area contributed by atoms with Gasteiger partial charge in [-0.05, 0) is 49.7 Å². The van der Waals surface area contributed by atoms with Crippen LogP contribution in [0.3, 0.4) is 0 Å². The predicted molar refractivity (Wildman–Crippen MR) is 99.6 cm³/mol. The van der Waals surface area contributed by atoms with Gasteiger partial charge >= 0.3 is 0 Å². The van der Waals surface area contributed by atoms with Gasteiger partial charge in [0, 0.05) is 37.7 Å². The molecule has 1 aliphatic heterocycles. The number of pyridine rings is 2. The van der Waals surface area contributed by atoms with Crippen LogP contribution >= 0.6 is 0 Å². The van der Waals surface area contributed by atoms with E-state index in [-0.39, 0.29) is 5.91 Å². The highest BCUT2D eigenvalue weighted by molar-refractivity contribution is 5.92. The lowest BCUT2D eigenvalue weighted by Gasteiger charge is -2.30. The number of nitrogens with zero attached hydrogens (tertiary/aromatic N) is 4. The van der Waals surface area contributed by atoms with Crippen LogP contribution in [0, 0.1) is 6.92 Å². The van der Waals surface area contributed by atoms with Crippen molar-refractivity contribution in [1.29, 1.82) is 0 Å². The Morgan fingerprint density at radius 2 is 2.08 bits per heavy atom. The number of hydrogen-bond donors (Lipinski definition) is 1. The molecule has 1 fully saturated rings. The third kappa shape index (κ3) is 4.45. The molecule has 1 atom stereocenters. The Bertz CT molecular complexity index is 752. The summed E-state index contributed by atoms with van der Waals surface area (Å²) in [5, 5.41) is 11.0. The summed E-state index contributed by atoms with van der Waals surface area (Å²) in [5.74, 6) is -0.109. The number of aliphatic hydroxyl groups is 1. The van der Waals surface area contributed by atoms with Crippen LogP contribution in [0.25, 0.3) is 0 Å². The molecule has 2 aromatic rings. The molecule has 6 heteroatoms. The molecule has 0 aliphatic carbocycles. The Labute approximate surface area is 154 Å². The van der Waals surface area contributed by atoms with Crippen molar-refractivity contribution < 1.29 is 9.90 Å². The summed E-state index contributed by atoms with van der Waals surface area (Å²) in [5.41, 5.74) is 1.54. The van der Waals surface area contributed by atoms with E-state index < -0.39 is 5.60 Å². The van der Waals surface area contributed by atoms with E-state index in [0.29, 0.717) is 31.7 Å². The molecule has 0 unspecified atom stereocenters. The minimum Gasteiger partial charge on any atom is -0.387 e. The molecule has 0 bridgehead atoms. The molecular formula is C20H26N4O2. The third-order valence-corrected chi connectivity index (χ3v) is 4.85. The quantitative estimate of drug-likeness (QED) is 0.858. The Hall–Kier alpha value is -2.31. The van der Waals surface area contributed by atoms with E-state index >= 15 is 0 Å². The monoisotopic (exact) mass is 354 g/mol. The van der Waals surface area contributed by atoms with Gasteiger partial charge in [0.2, 0.25) is 0 Å². The number of hydrogen-bond acceptors (Lipinski definition) is 5. The molecule has 0 spiro atoms. The van der Waals surface area contributed by atoms with Gasteiger partial charge in [-0.25, -0.2) is 4.98 Å². The number of aromatic nitrogens is 2. The molecule has 1 aliphatic rings. The van der Waals surface area contributed by atoms with Gasteiger partial charge in [0.05, 0.1) is 12.1 Å². The number of likely N-dealkylation sites (tertiary alicyclic amines) is 1. The van der Waals surface area contributed by atoms with E-state index in [1.54, 1.807) is 23.4 Å².